The van der Waals surface area contributed by atoms with Crippen LogP contribution in [0.15, 0.2) is 47.4 Å². The van der Waals surface area contributed by atoms with Crippen LogP contribution < -0.4 is 16.6 Å². The average molecular weight is 447 g/mol. The number of piperidine rings is 1. The van der Waals surface area contributed by atoms with Crippen molar-refractivity contribution >= 4 is 11.7 Å². The third-order valence-corrected chi connectivity index (χ3v) is 6.21. The number of primary amides is 1. The molecule has 8 heteroatoms. The highest BCUT2D eigenvalue weighted by Crippen LogP contribution is 2.20. The predicted molar refractivity (Wildman–Crippen MR) is 129 cm³/mol. The standard InChI is InChI=1S/C25H30N6O2/c1-16-17(2)29-24(30-25(16)33)20-8-9-22(28-13-20)27-12-18-5-3-6-19(11-18)14-31-10-4-7-21(15-31)23(26)32/h3,5-6,8-9,11,13,21H,4,7,10,12,14-15H2,1-2H3,(H2,26,32)(H,27,28)(H,29,30,33). The zero-order valence-electron chi connectivity index (χ0n) is 19.1. The average Bonchev–Trinajstić information content (AvgIpc) is 2.81. The van der Waals surface area contributed by atoms with Crippen LogP contribution in [-0.4, -0.2) is 38.8 Å². The Bertz CT molecular complexity index is 1190. The minimum atomic E-state index is -0.198. The molecule has 33 heavy (non-hydrogen) atoms. The summed E-state index contributed by atoms with van der Waals surface area (Å²) in [4.78, 5) is 37.6. The number of amides is 1. The first-order valence-corrected chi connectivity index (χ1v) is 11.3. The summed E-state index contributed by atoms with van der Waals surface area (Å²) in [5.74, 6) is 1.02. The zero-order chi connectivity index (χ0) is 23.4. The van der Waals surface area contributed by atoms with Gasteiger partial charge in [0, 0.05) is 42.7 Å². The first kappa shape index (κ1) is 22.7. The Morgan fingerprint density at radius 2 is 2.06 bits per heavy atom. The third-order valence-electron chi connectivity index (χ3n) is 6.21. The van der Waals surface area contributed by atoms with Gasteiger partial charge in [-0.05, 0) is 56.5 Å². The number of nitrogens with two attached hydrogens (primary N) is 1. The molecule has 0 aliphatic carbocycles. The molecular weight excluding hydrogens is 416 g/mol. The Labute approximate surface area is 193 Å². The number of aromatic amines is 1. The van der Waals surface area contributed by atoms with Gasteiger partial charge in [-0.25, -0.2) is 9.97 Å². The van der Waals surface area contributed by atoms with Crippen molar-refractivity contribution in [3.05, 3.63) is 75.3 Å². The first-order chi connectivity index (χ1) is 15.9. The van der Waals surface area contributed by atoms with E-state index in [-0.39, 0.29) is 17.4 Å². The monoisotopic (exact) mass is 446 g/mol. The van der Waals surface area contributed by atoms with Gasteiger partial charge in [-0.2, -0.15) is 0 Å². The number of anilines is 1. The summed E-state index contributed by atoms with van der Waals surface area (Å²) in [6, 6.07) is 12.2. The van der Waals surface area contributed by atoms with E-state index in [2.05, 4.69) is 49.4 Å². The van der Waals surface area contributed by atoms with Crippen LogP contribution in [0.5, 0.6) is 0 Å². The molecule has 1 aliphatic rings. The number of aryl methyl sites for hydroxylation is 1. The van der Waals surface area contributed by atoms with Crippen molar-refractivity contribution in [1.29, 1.82) is 0 Å². The molecule has 2 aromatic heterocycles. The molecule has 1 unspecified atom stereocenters. The van der Waals surface area contributed by atoms with Crippen LogP contribution >= 0.6 is 0 Å². The highest BCUT2D eigenvalue weighted by atomic mass is 16.1. The van der Waals surface area contributed by atoms with E-state index in [1.54, 1.807) is 13.1 Å². The number of H-pyrrole nitrogens is 1. The number of pyridine rings is 1. The molecule has 4 rings (SSSR count). The van der Waals surface area contributed by atoms with Crippen LogP contribution in [0.3, 0.4) is 0 Å². The molecule has 0 bridgehead atoms. The van der Waals surface area contributed by atoms with E-state index in [0.717, 1.165) is 49.4 Å². The summed E-state index contributed by atoms with van der Waals surface area (Å²) < 4.78 is 0. The summed E-state index contributed by atoms with van der Waals surface area (Å²) in [6.45, 7) is 6.76. The summed E-state index contributed by atoms with van der Waals surface area (Å²) in [7, 11) is 0. The summed E-state index contributed by atoms with van der Waals surface area (Å²) in [6.07, 6.45) is 3.59. The highest BCUT2D eigenvalue weighted by Gasteiger charge is 2.23. The molecular formula is C25H30N6O2. The number of nitrogens with zero attached hydrogens (tertiary/aromatic N) is 3. The molecule has 1 atom stereocenters. The number of nitrogens with one attached hydrogen (secondary N) is 2. The van der Waals surface area contributed by atoms with Gasteiger partial charge in [-0.3, -0.25) is 14.5 Å². The van der Waals surface area contributed by atoms with Gasteiger partial charge >= 0.3 is 0 Å². The van der Waals surface area contributed by atoms with Gasteiger partial charge in [-0.15, -0.1) is 0 Å². The van der Waals surface area contributed by atoms with Gasteiger partial charge in [-0.1, -0.05) is 24.3 Å². The molecule has 0 radical (unpaired) electrons. The molecule has 8 nitrogen and oxygen atoms in total. The van der Waals surface area contributed by atoms with Gasteiger partial charge in [0.2, 0.25) is 5.91 Å². The molecule has 4 N–H and O–H groups in total. The highest BCUT2D eigenvalue weighted by molar-refractivity contribution is 5.76. The minimum Gasteiger partial charge on any atom is -0.369 e. The Kier molecular flexibility index (Phi) is 6.84. The largest absolute Gasteiger partial charge is 0.369 e. The number of likely N-dealkylation sites (tertiary alicyclic amines) is 1. The normalized spacial score (nSPS) is 16.5. The Morgan fingerprint density at radius 1 is 1.24 bits per heavy atom. The second-order valence-corrected chi connectivity index (χ2v) is 8.71. The SMILES string of the molecule is Cc1nc(-c2ccc(NCc3cccc(CN4CCCC(C(N)=O)C4)c3)nc2)[nH]c(=O)c1C. The molecule has 1 aromatic carbocycles. The number of rotatable bonds is 7. The molecule has 1 fully saturated rings. The molecule has 172 valence electrons. The second-order valence-electron chi connectivity index (χ2n) is 8.71. The molecule has 1 aliphatic heterocycles. The Morgan fingerprint density at radius 3 is 2.79 bits per heavy atom. The molecule has 3 aromatic rings. The van der Waals surface area contributed by atoms with E-state index in [0.29, 0.717) is 23.6 Å². The number of carbonyl (C=O) groups excluding carboxylic acids is 1. The van der Waals surface area contributed by atoms with Crippen molar-refractivity contribution in [2.75, 3.05) is 18.4 Å². The van der Waals surface area contributed by atoms with Crippen molar-refractivity contribution in [1.82, 2.24) is 19.9 Å². The zero-order valence-corrected chi connectivity index (χ0v) is 19.1. The van der Waals surface area contributed by atoms with E-state index in [1.165, 1.54) is 5.56 Å². The predicted octanol–water partition coefficient (Wildman–Crippen LogP) is 2.76. The van der Waals surface area contributed by atoms with E-state index in [9.17, 15) is 9.59 Å². The summed E-state index contributed by atoms with van der Waals surface area (Å²) in [5, 5.41) is 3.35. The maximum absolute atomic E-state index is 12.0. The molecule has 1 amide bonds. The van der Waals surface area contributed by atoms with Gasteiger partial charge < -0.3 is 16.0 Å². The van der Waals surface area contributed by atoms with Crippen molar-refractivity contribution < 1.29 is 4.79 Å². The van der Waals surface area contributed by atoms with Crippen LogP contribution in [0.4, 0.5) is 5.82 Å². The quantitative estimate of drug-likeness (QED) is 0.514. The number of aromatic nitrogens is 3. The maximum Gasteiger partial charge on any atom is 0.254 e. The fourth-order valence-corrected chi connectivity index (χ4v) is 4.14. The van der Waals surface area contributed by atoms with Crippen LogP contribution in [0.2, 0.25) is 0 Å². The summed E-state index contributed by atoms with van der Waals surface area (Å²) >= 11 is 0. The van der Waals surface area contributed by atoms with Crippen molar-refractivity contribution in [3.63, 3.8) is 0 Å². The Balaban J connectivity index is 1.37. The molecule has 0 spiro atoms. The van der Waals surface area contributed by atoms with E-state index < -0.39 is 0 Å². The second kappa shape index (κ2) is 9.95. The number of hydrogen-bond acceptors (Lipinski definition) is 6. The van der Waals surface area contributed by atoms with Crippen LogP contribution in [0, 0.1) is 19.8 Å². The maximum atomic E-state index is 12.0. The lowest BCUT2D eigenvalue weighted by Crippen LogP contribution is -2.40. The smallest absolute Gasteiger partial charge is 0.254 e. The van der Waals surface area contributed by atoms with Crippen LogP contribution in [-0.2, 0) is 17.9 Å². The van der Waals surface area contributed by atoms with Crippen molar-refractivity contribution in [2.24, 2.45) is 11.7 Å². The lowest BCUT2D eigenvalue weighted by Gasteiger charge is -2.31. The topological polar surface area (TPSA) is 117 Å². The van der Waals surface area contributed by atoms with Gasteiger partial charge in [0.1, 0.15) is 11.6 Å². The van der Waals surface area contributed by atoms with Crippen LogP contribution in [0.25, 0.3) is 11.4 Å². The van der Waals surface area contributed by atoms with Crippen LogP contribution in [0.1, 0.15) is 35.2 Å². The number of carbonyl (C=O) groups is 1. The van der Waals surface area contributed by atoms with Gasteiger partial charge in [0.25, 0.3) is 5.56 Å². The lowest BCUT2D eigenvalue weighted by atomic mass is 9.97. The third kappa shape index (κ3) is 5.64. The number of benzene rings is 1. The number of hydrogen-bond donors (Lipinski definition) is 3. The van der Waals surface area contributed by atoms with Crippen molar-refractivity contribution in [2.45, 2.75) is 39.8 Å². The summed E-state index contributed by atoms with van der Waals surface area (Å²) in [5.41, 5.74) is 9.85. The molecule has 3 heterocycles. The van der Waals surface area contributed by atoms with E-state index in [1.807, 2.05) is 19.1 Å². The molecule has 0 saturated carbocycles. The van der Waals surface area contributed by atoms with Gasteiger partial charge in [0.15, 0.2) is 0 Å². The molecule has 1 saturated heterocycles. The lowest BCUT2D eigenvalue weighted by molar-refractivity contribution is -0.123. The Hall–Kier alpha value is -3.52. The van der Waals surface area contributed by atoms with E-state index in [4.69, 9.17) is 5.73 Å². The first-order valence-electron chi connectivity index (χ1n) is 11.3. The fraction of sp³-hybridized carbons (Fsp3) is 0.360. The fourth-order valence-electron chi connectivity index (χ4n) is 4.14. The van der Waals surface area contributed by atoms with Crippen molar-refractivity contribution in [3.8, 4) is 11.4 Å². The van der Waals surface area contributed by atoms with E-state index >= 15 is 0 Å². The minimum absolute atomic E-state index is 0.0468. The van der Waals surface area contributed by atoms with Gasteiger partial charge in [0.05, 0.1) is 5.92 Å².